The molecule has 45 heavy (non-hydrogen) atoms. The Kier molecular flexibility index (Phi) is 12.6. The Morgan fingerprint density at radius 1 is 0.867 bits per heavy atom. The largest absolute Gasteiger partial charge is 0.514 e. The fourth-order valence-corrected chi connectivity index (χ4v) is 4.87. The molecule has 0 aliphatic rings. The van der Waals surface area contributed by atoms with Gasteiger partial charge in [-0.2, -0.15) is 0 Å². The molecule has 0 saturated carbocycles. The fraction of sp³-hybridized carbons (Fsp3) is 0.394. The zero-order valence-corrected chi connectivity index (χ0v) is 27.6. The zero-order valence-electron chi connectivity index (χ0n) is 26.1. The van der Waals surface area contributed by atoms with Crippen molar-refractivity contribution in [1.29, 1.82) is 0 Å². The Morgan fingerprint density at radius 3 is 1.91 bits per heavy atom. The number of ether oxygens (including phenoxy) is 3. The van der Waals surface area contributed by atoms with Crippen molar-refractivity contribution >= 4 is 41.2 Å². The van der Waals surface area contributed by atoms with Gasteiger partial charge in [0.25, 0.3) is 5.91 Å². The molecule has 10 nitrogen and oxygen atoms in total. The van der Waals surface area contributed by atoms with Crippen molar-refractivity contribution < 1.29 is 33.7 Å². The first-order valence-corrected chi connectivity index (χ1v) is 15.2. The van der Waals surface area contributed by atoms with Crippen LogP contribution in [0.1, 0.15) is 62.7 Å². The van der Waals surface area contributed by atoms with E-state index in [-0.39, 0.29) is 42.1 Å². The molecule has 2 atom stereocenters. The maximum absolute atomic E-state index is 13.8. The molecule has 1 aromatic heterocycles. The molecule has 3 aromatic rings. The minimum Gasteiger partial charge on any atom is -0.493 e. The van der Waals surface area contributed by atoms with Gasteiger partial charge in [0.1, 0.15) is 11.6 Å². The van der Waals surface area contributed by atoms with Gasteiger partial charge in [0.2, 0.25) is 11.7 Å². The van der Waals surface area contributed by atoms with E-state index in [0.29, 0.717) is 21.2 Å². The summed E-state index contributed by atoms with van der Waals surface area (Å²) in [5.41, 5.74) is -0.996. The molecule has 0 aliphatic heterocycles. The van der Waals surface area contributed by atoms with Crippen LogP contribution in [0.15, 0.2) is 60.8 Å². The maximum atomic E-state index is 13.8. The van der Waals surface area contributed by atoms with Gasteiger partial charge in [0.15, 0.2) is 11.4 Å². The molecule has 242 valence electrons. The van der Waals surface area contributed by atoms with Gasteiger partial charge in [-0.1, -0.05) is 75.2 Å². The summed E-state index contributed by atoms with van der Waals surface area (Å²) in [6.45, 7) is 9.30. The highest BCUT2D eigenvalue weighted by atomic mass is 35.5. The summed E-state index contributed by atoms with van der Waals surface area (Å²) in [6, 6.07) is 12.8. The first-order valence-electron chi connectivity index (χ1n) is 14.5. The molecule has 0 aliphatic carbocycles. The molecule has 3 rings (SSSR count). The summed E-state index contributed by atoms with van der Waals surface area (Å²) in [5, 5.41) is 18.7. The lowest BCUT2D eigenvalue weighted by molar-refractivity contribution is -0.125. The Morgan fingerprint density at radius 2 is 1.42 bits per heavy atom. The SMILES string of the molecule is COc1ccnc(C(=O)N[C@@H](CC(C)C)C(=O)N[C@@H](C)C(O)(c2ccc(Cl)cc2)c2ccc(Cl)cc2)c1OC(=O)OCC(C)C. The number of carbonyl (C=O) groups excluding carboxylic acids is 3. The van der Waals surface area contributed by atoms with E-state index < -0.39 is 35.7 Å². The predicted octanol–water partition coefficient (Wildman–Crippen LogP) is 6.15. The second-order valence-corrected chi connectivity index (χ2v) is 12.3. The van der Waals surface area contributed by atoms with Crippen molar-refractivity contribution in [3.05, 3.63) is 87.7 Å². The highest BCUT2D eigenvalue weighted by molar-refractivity contribution is 6.30. The molecule has 0 saturated heterocycles. The van der Waals surface area contributed by atoms with Crippen LogP contribution in [0.4, 0.5) is 4.79 Å². The number of rotatable bonds is 13. The Bertz CT molecular complexity index is 1420. The molecule has 12 heteroatoms. The number of halogens is 2. The van der Waals surface area contributed by atoms with Crippen LogP contribution in [0.2, 0.25) is 10.0 Å². The van der Waals surface area contributed by atoms with Gasteiger partial charge in [-0.05, 0) is 60.6 Å². The summed E-state index contributed by atoms with van der Waals surface area (Å²) in [7, 11) is 1.35. The second kappa shape index (κ2) is 15.9. The summed E-state index contributed by atoms with van der Waals surface area (Å²) in [6.07, 6.45) is 0.539. The van der Waals surface area contributed by atoms with Gasteiger partial charge in [-0.15, -0.1) is 0 Å². The van der Waals surface area contributed by atoms with Crippen molar-refractivity contribution in [2.24, 2.45) is 11.8 Å². The lowest BCUT2D eigenvalue weighted by Gasteiger charge is -2.36. The molecular formula is C33H39Cl2N3O7. The second-order valence-electron chi connectivity index (χ2n) is 11.4. The van der Waals surface area contributed by atoms with Crippen molar-refractivity contribution in [2.45, 2.75) is 58.7 Å². The number of nitrogens with zero attached hydrogens (tertiary/aromatic N) is 1. The van der Waals surface area contributed by atoms with E-state index in [1.54, 1.807) is 55.5 Å². The molecule has 0 spiro atoms. The third-order valence-corrected chi connectivity index (χ3v) is 7.41. The van der Waals surface area contributed by atoms with Gasteiger partial charge in [-0.3, -0.25) is 9.59 Å². The van der Waals surface area contributed by atoms with Crippen LogP contribution in [0.3, 0.4) is 0 Å². The molecule has 0 bridgehead atoms. The van der Waals surface area contributed by atoms with Crippen molar-refractivity contribution in [3.8, 4) is 11.5 Å². The number of benzene rings is 2. The number of carbonyl (C=O) groups is 3. The third-order valence-electron chi connectivity index (χ3n) is 6.91. The van der Waals surface area contributed by atoms with E-state index in [1.807, 2.05) is 27.7 Å². The summed E-state index contributed by atoms with van der Waals surface area (Å²) in [4.78, 5) is 43.8. The number of hydrogen-bond acceptors (Lipinski definition) is 8. The number of aliphatic hydroxyl groups is 1. The van der Waals surface area contributed by atoms with Crippen molar-refractivity contribution in [1.82, 2.24) is 15.6 Å². The predicted molar refractivity (Wildman–Crippen MR) is 172 cm³/mol. The number of methoxy groups -OCH3 is 1. The Hall–Kier alpha value is -3.86. The van der Waals surface area contributed by atoms with E-state index in [9.17, 15) is 19.5 Å². The van der Waals surface area contributed by atoms with Gasteiger partial charge in [-0.25, -0.2) is 9.78 Å². The third kappa shape index (κ3) is 9.32. The van der Waals surface area contributed by atoms with Gasteiger partial charge in [0, 0.05) is 22.3 Å². The molecule has 2 amide bonds. The molecule has 0 unspecified atom stereocenters. The normalized spacial score (nSPS) is 12.8. The van der Waals surface area contributed by atoms with Crippen LogP contribution in [0.5, 0.6) is 11.5 Å². The van der Waals surface area contributed by atoms with Crippen LogP contribution in [0, 0.1) is 11.8 Å². The topological polar surface area (TPSA) is 136 Å². The molecule has 0 fully saturated rings. The van der Waals surface area contributed by atoms with E-state index >= 15 is 0 Å². The smallest absolute Gasteiger partial charge is 0.493 e. The van der Waals surface area contributed by atoms with Gasteiger partial charge >= 0.3 is 6.16 Å². The number of pyridine rings is 1. The van der Waals surface area contributed by atoms with Crippen LogP contribution in [-0.2, 0) is 15.1 Å². The van der Waals surface area contributed by atoms with Crippen LogP contribution in [-0.4, -0.2) is 53.9 Å². The van der Waals surface area contributed by atoms with E-state index in [0.717, 1.165) is 0 Å². The molecule has 2 aromatic carbocycles. The number of amides is 2. The lowest BCUT2D eigenvalue weighted by Crippen LogP contribution is -2.55. The first kappa shape index (κ1) is 35.6. The zero-order chi connectivity index (χ0) is 33.3. The highest BCUT2D eigenvalue weighted by Crippen LogP contribution is 2.35. The summed E-state index contributed by atoms with van der Waals surface area (Å²) < 4.78 is 15.7. The average Bonchev–Trinajstić information content (AvgIpc) is 2.99. The number of nitrogens with one attached hydrogen (secondary N) is 2. The van der Waals surface area contributed by atoms with E-state index in [2.05, 4.69) is 15.6 Å². The van der Waals surface area contributed by atoms with Gasteiger partial charge < -0.3 is 30.0 Å². The lowest BCUT2D eigenvalue weighted by atomic mass is 9.80. The van der Waals surface area contributed by atoms with E-state index in [4.69, 9.17) is 37.4 Å². The Labute approximate surface area is 273 Å². The van der Waals surface area contributed by atoms with Crippen molar-refractivity contribution in [3.63, 3.8) is 0 Å². The fourth-order valence-electron chi connectivity index (χ4n) is 4.62. The molecule has 0 radical (unpaired) electrons. The summed E-state index contributed by atoms with van der Waals surface area (Å²) >= 11 is 12.2. The maximum Gasteiger partial charge on any atom is 0.514 e. The molecule has 1 heterocycles. The van der Waals surface area contributed by atoms with E-state index in [1.165, 1.54) is 19.4 Å². The average molecular weight is 661 g/mol. The number of aromatic nitrogens is 1. The quantitative estimate of drug-likeness (QED) is 0.186. The van der Waals surface area contributed by atoms with Crippen LogP contribution in [0.25, 0.3) is 0 Å². The minimum atomic E-state index is -1.69. The van der Waals surface area contributed by atoms with Crippen molar-refractivity contribution in [2.75, 3.05) is 13.7 Å². The van der Waals surface area contributed by atoms with Crippen LogP contribution < -0.4 is 20.1 Å². The van der Waals surface area contributed by atoms with Crippen LogP contribution >= 0.6 is 23.2 Å². The number of hydrogen-bond donors (Lipinski definition) is 3. The Balaban J connectivity index is 1.91. The highest BCUT2D eigenvalue weighted by Gasteiger charge is 2.40. The molecular weight excluding hydrogens is 621 g/mol. The first-order chi connectivity index (χ1) is 21.3. The molecule has 3 N–H and O–H groups in total. The summed E-state index contributed by atoms with van der Waals surface area (Å²) in [5.74, 6) is -1.45. The standard InChI is InChI=1S/C33H39Cl2N3O7/c1-19(2)17-26(38-31(40)28-29(27(43-6)15-16-36-28)45-32(41)44-18-20(3)4)30(39)37-21(5)33(42,22-7-11-24(34)12-8-22)23-9-13-25(35)14-10-23/h7-16,19-21,26,42H,17-18H2,1-6H3,(H,37,39)(H,38,40)/t21-,26-/m0/s1. The monoisotopic (exact) mass is 659 g/mol. The van der Waals surface area contributed by atoms with Gasteiger partial charge in [0.05, 0.1) is 19.8 Å². The minimum absolute atomic E-state index is 0.0113.